The van der Waals surface area contributed by atoms with Gasteiger partial charge in [0.15, 0.2) is 0 Å². The third kappa shape index (κ3) is 4.07. The molecule has 1 nitrogen and oxygen atoms in total. The number of aryl methyl sites for hydroxylation is 1. The minimum atomic E-state index is 0.387. The molecule has 19 heavy (non-hydrogen) atoms. The Morgan fingerprint density at radius 2 is 2.16 bits per heavy atom. The van der Waals surface area contributed by atoms with Crippen LogP contribution in [-0.2, 0) is 6.42 Å². The van der Waals surface area contributed by atoms with Crippen LogP contribution in [0.15, 0.2) is 35.7 Å². The summed E-state index contributed by atoms with van der Waals surface area (Å²) in [7, 11) is 0. The first-order chi connectivity index (χ1) is 9.20. The molecule has 0 aliphatic rings. The molecule has 1 aromatic carbocycles. The maximum Gasteiger partial charge on any atom is 0.0458 e. The summed E-state index contributed by atoms with van der Waals surface area (Å²) in [6.45, 7) is 5.43. The Morgan fingerprint density at radius 3 is 2.79 bits per heavy atom. The van der Waals surface area contributed by atoms with Gasteiger partial charge in [0.05, 0.1) is 0 Å². The van der Waals surface area contributed by atoms with Gasteiger partial charge in [-0.1, -0.05) is 30.7 Å². The fourth-order valence-corrected chi connectivity index (χ4v) is 3.43. The molecule has 2 rings (SSSR count). The van der Waals surface area contributed by atoms with E-state index in [0.717, 1.165) is 24.4 Å². The number of hydrogen-bond acceptors (Lipinski definition) is 2. The van der Waals surface area contributed by atoms with Crippen molar-refractivity contribution in [2.45, 2.75) is 32.7 Å². The van der Waals surface area contributed by atoms with Crippen molar-refractivity contribution in [1.82, 2.24) is 5.32 Å². The summed E-state index contributed by atoms with van der Waals surface area (Å²) in [4.78, 5) is 1.44. The standard InChI is InChI=1S/C16H20ClNS/c1-3-8-18-15(16-12(2)7-9-19-16)11-13-5-4-6-14(17)10-13/h4-7,9-10,15,18H,3,8,11H2,1-2H3. The summed E-state index contributed by atoms with van der Waals surface area (Å²) in [5.41, 5.74) is 2.66. The van der Waals surface area contributed by atoms with Gasteiger partial charge in [-0.15, -0.1) is 11.3 Å². The van der Waals surface area contributed by atoms with Crippen LogP contribution in [0.5, 0.6) is 0 Å². The van der Waals surface area contributed by atoms with Gasteiger partial charge in [0.25, 0.3) is 0 Å². The Labute approximate surface area is 124 Å². The summed E-state index contributed by atoms with van der Waals surface area (Å²) in [5.74, 6) is 0. The van der Waals surface area contributed by atoms with Gasteiger partial charge < -0.3 is 5.32 Å². The monoisotopic (exact) mass is 293 g/mol. The second-order valence-corrected chi connectivity index (χ2v) is 6.19. The van der Waals surface area contributed by atoms with Crippen LogP contribution in [0.3, 0.4) is 0 Å². The molecule has 0 aliphatic carbocycles. The number of benzene rings is 1. The maximum absolute atomic E-state index is 6.07. The predicted octanol–water partition coefficient (Wildman–Crippen LogP) is 4.99. The second-order valence-electron chi connectivity index (χ2n) is 4.81. The topological polar surface area (TPSA) is 12.0 Å². The Bertz CT molecular complexity index is 521. The first kappa shape index (κ1) is 14.6. The van der Waals surface area contributed by atoms with Crippen LogP contribution < -0.4 is 5.32 Å². The number of halogens is 1. The fraction of sp³-hybridized carbons (Fsp3) is 0.375. The molecule has 0 saturated carbocycles. The van der Waals surface area contributed by atoms with Crippen LogP contribution in [0.4, 0.5) is 0 Å². The van der Waals surface area contributed by atoms with Crippen molar-refractivity contribution >= 4 is 22.9 Å². The van der Waals surface area contributed by atoms with Crippen molar-refractivity contribution in [3.8, 4) is 0 Å². The highest BCUT2D eigenvalue weighted by Crippen LogP contribution is 2.27. The van der Waals surface area contributed by atoms with E-state index in [0.29, 0.717) is 6.04 Å². The summed E-state index contributed by atoms with van der Waals surface area (Å²) in [6.07, 6.45) is 2.14. The first-order valence-corrected chi connectivity index (χ1v) is 7.98. The lowest BCUT2D eigenvalue weighted by Gasteiger charge is -2.18. The molecule has 0 spiro atoms. The minimum Gasteiger partial charge on any atom is -0.309 e. The van der Waals surface area contributed by atoms with E-state index in [4.69, 9.17) is 11.6 Å². The van der Waals surface area contributed by atoms with Gasteiger partial charge >= 0.3 is 0 Å². The van der Waals surface area contributed by atoms with Crippen LogP contribution in [0.1, 0.15) is 35.4 Å². The Morgan fingerprint density at radius 1 is 1.32 bits per heavy atom. The molecule has 1 aromatic heterocycles. The number of hydrogen-bond donors (Lipinski definition) is 1. The molecule has 3 heteroatoms. The highest BCUT2D eigenvalue weighted by molar-refractivity contribution is 7.10. The molecule has 0 aliphatic heterocycles. The molecular formula is C16H20ClNS. The van der Waals surface area contributed by atoms with E-state index in [9.17, 15) is 0 Å². The normalized spacial score (nSPS) is 12.6. The van der Waals surface area contributed by atoms with Gasteiger partial charge in [-0.2, -0.15) is 0 Å². The maximum atomic E-state index is 6.07. The number of thiophene rings is 1. The molecule has 1 heterocycles. The summed E-state index contributed by atoms with van der Waals surface area (Å²) >= 11 is 7.91. The highest BCUT2D eigenvalue weighted by Gasteiger charge is 2.15. The first-order valence-electron chi connectivity index (χ1n) is 6.72. The lowest BCUT2D eigenvalue weighted by molar-refractivity contribution is 0.535. The van der Waals surface area contributed by atoms with Gasteiger partial charge in [0.1, 0.15) is 0 Å². The van der Waals surface area contributed by atoms with E-state index in [1.807, 2.05) is 23.5 Å². The van der Waals surface area contributed by atoms with Crippen LogP contribution in [0.2, 0.25) is 5.02 Å². The lowest BCUT2D eigenvalue weighted by Crippen LogP contribution is -2.23. The van der Waals surface area contributed by atoms with Crippen LogP contribution in [-0.4, -0.2) is 6.54 Å². The van der Waals surface area contributed by atoms with Gasteiger partial charge in [0.2, 0.25) is 0 Å². The minimum absolute atomic E-state index is 0.387. The van der Waals surface area contributed by atoms with Crippen molar-refractivity contribution in [2.24, 2.45) is 0 Å². The molecule has 1 unspecified atom stereocenters. The van der Waals surface area contributed by atoms with Crippen molar-refractivity contribution in [3.05, 3.63) is 56.7 Å². The highest BCUT2D eigenvalue weighted by atomic mass is 35.5. The van der Waals surface area contributed by atoms with Crippen LogP contribution in [0.25, 0.3) is 0 Å². The SMILES string of the molecule is CCCNC(Cc1cccc(Cl)c1)c1sccc1C. The van der Waals surface area contributed by atoms with Crippen LogP contribution >= 0.6 is 22.9 Å². The molecule has 102 valence electrons. The second kappa shape index (κ2) is 7.09. The molecule has 0 saturated heterocycles. The summed E-state index contributed by atoms with van der Waals surface area (Å²) in [5, 5.41) is 6.63. The molecule has 0 bridgehead atoms. The molecule has 1 N–H and O–H groups in total. The van der Waals surface area contributed by atoms with Crippen molar-refractivity contribution < 1.29 is 0 Å². The quantitative estimate of drug-likeness (QED) is 0.791. The Kier molecular flexibility index (Phi) is 5.44. The zero-order valence-electron chi connectivity index (χ0n) is 11.4. The third-order valence-corrected chi connectivity index (χ3v) is 4.56. The summed E-state index contributed by atoms with van der Waals surface area (Å²) in [6, 6.07) is 10.7. The smallest absolute Gasteiger partial charge is 0.0458 e. The van der Waals surface area contributed by atoms with E-state index in [1.165, 1.54) is 16.0 Å². The number of nitrogens with one attached hydrogen (secondary N) is 1. The van der Waals surface area contributed by atoms with E-state index in [1.54, 1.807) is 0 Å². The average molecular weight is 294 g/mol. The zero-order valence-corrected chi connectivity index (χ0v) is 13.0. The largest absolute Gasteiger partial charge is 0.309 e. The van der Waals surface area contributed by atoms with E-state index >= 15 is 0 Å². The lowest BCUT2D eigenvalue weighted by atomic mass is 10.0. The van der Waals surface area contributed by atoms with Gasteiger partial charge in [0, 0.05) is 15.9 Å². The van der Waals surface area contributed by atoms with Gasteiger partial charge in [-0.25, -0.2) is 0 Å². The van der Waals surface area contributed by atoms with Gasteiger partial charge in [-0.05, 0) is 61.0 Å². The predicted molar refractivity (Wildman–Crippen MR) is 85.2 cm³/mol. The van der Waals surface area contributed by atoms with Crippen molar-refractivity contribution in [2.75, 3.05) is 6.54 Å². The van der Waals surface area contributed by atoms with E-state index in [2.05, 4.69) is 42.7 Å². The molecule has 0 radical (unpaired) electrons. The third-order valence-electron chi connectivity index (χ3n) is 3.19. The molecule has 0 fully saturated rings. The average Bonchev–Trinajstić information content (AvgIpc) is 2.81. The Balaban J connectivity index is 2.16. The number of rotatable bonds is 6. The molecular weight excluding hydrogens is 274 g/mol. The van der Waals surface area contributed by atoms with E-state index < -0.39 is 0 Å². The summed E-state index contributed by atoms with van der Waals surface area (Å²) < 4.78 is 0. The van der Waals surface area contributed by atoms with Gasteiger partial charge in [-0.3, -0.25) is 0 Å². The van der Waals surface area contributed by atoms with Crippen molar-refractivity contribution in [3.63, 3.8) is 0 Å². The zero-order chi connectivity index (χ0) is 13.7. The molecule has 1 atom stereocenters. The van der Waals surface area contributed by atoms with Crippen molar-refractivity contribution in [1.29, 1.82) is 0 Å². The molecule has 0 amide bonds. The van der Waals surface area contributed by atoms with Crippen LogP contribution in [0, 0.1) is 6.92 Å². The Hall–Kier alpha value is -0.830. The van der Waals surface area contributed by atoms with E-state index in [-0.39, 0.29) is 0 Å². The molecule has 2 aromatic rings. The fourth-order valence-electron chi connectivity index (χ4n) is 2.22.